The van der Waals surface area contributed by atoms with E-state index in [1.807, 2.05) is 24.3 Å². The summed E-state index contributed by atoms with van der Waals surface area (Å²) in [6, 6.07) is 14.5. The van der Waals surface area contributed by atoms with E-state index in [1.54, 1.807) is 13.8 Å². The van der Waals surface area contributed by atoms with Gasteiger partial charge in [-0.1, -0.05) is 36.4 Å². The molecule has 3 atom stereocenters. The van der Waals surface area contributed by atoms with E-state index in [1.165, 1.54) is 5.39 Å². The van der Waals surface area contributed by atoms with Crippen molar-refractivity contribution in [3.8, 4) is 0 Å². The smallest absolute Gasteiger partial charge is 0.217 e. The summed E-state index contributed by atoms with van der Waals surface area (Å²) < 4.78 is 20.5. The van der Waals surface area contributed by atoms with Crippen LogP contribution in [0.4, 0.5) is 4.39 Å². The van der Waals surface area contributed by atoms with Gasteiger partial charge in [0.05, 0.1) is 6.04 Å². The molecule has 1 heterocycles. The summed E-state index contributed by atoms with van der Waals surface area (Å²) in [6.07, 6.45) is 1.65. The molecule has 0 spiro atoms. The average molecular weight is 297 g/mol. The number of rotatable bonds is 2. The standard InChI is InChI=1S/C19H20FNO/c1-19(2,20)15-10-11-16-17(15)22-18(21-16)14-9-5-7-12-6-3-4-8-13(12)14/h3-9,15-17H,10-11H2,1-2H3/t15-,16-,17+/m0/s1. The zero-order valence-corrected chi connectivity index (χ0v) is 12.9. The highest BCUT2D eigenvalue weighted by Gasteiger charge is 2.49. The molecule has 0 N–H and O–H groups in total. The lowest BCUT2D eigenvalue weighted by atomic mass is 9.89. The number of hydrogen-bond donors (Lipinski definition) is 0. The third kappa shape index (κ3) is 2.11. The Morgan fingerprint density at radius 2 is 1.86 bits per heavy atom. The minimum absolute atomic E-state index is 0.0753. The Morgan fingerprint density at radius 3 is 2.68 bits per heavy atom. The third-order valence-electron chi connectivity index (χ3n) is 4.98. The number of benzene rings is 2. The number of aliphatic imine (C=N–C) groups is 1. The summed E-state index contributed by atoms with van der Waals surface area (Å²) in [5.41, 5.74) is -0.203. The molecule has 2 nitrogen and oxygen atoms in total. The first-order valence-corrected chi connectivity index (χ1v) is 7.95. The second kappa shape index (κ2) is 4.80. The normalized spacial score (nSPS) is 27.6. The van der Waals surface area contributed by atoms with Crippen molar-refractivity contribution < 1.29 is 9.13 Å². The second-order valence-corrected chi connectivity index (χ2v) is 6.86. The molecule has 1 saturated carbocycles. The molecular formula is C19H20FNO. The molecule has 114 valence electrons. The fraction of sp³-hybridized carbons (Fsp3) is 0.421. The lowest BCUT2D eigenvalue weighted by Gasteiger charge is -2.27. The van der Waals surface area contributed by atoms with Crippen LogP contribution < -0.4 is 0 Å². The second-order valence-electron chi connectivity index (χ2n) is 6.86. The lowest BCUT2D eigenvalue weighted by Crippen LogP contribution is -2.36. The Bertz CT molecular complexity index is 741. The van der Waals surface area contributed by atoms with Gasteiger partial charge in [-0.05, 0) is 43.5 Å². The molecule has 3 heteroatoms. The summed E-state index contributed by atoms with van der Waals surface area (Å²) in [5.74, 6) is 0.606. The Balaban J connectivity index is 1.71. The Kier molecular flexibility index (Phi) is 3.00. The van der Waals surface area contributed by atoms with Crippen molar-refractivity contribution in [2.24, 2.45) is 10.9 Å². The predicted molar refractivity (Wildman–Crippen MR) is 87.1 cm³/mol. The van der Waals surface area contributed by atoms with Crippen molar-refractivity contribution in [3.05, 3.63) is 48.0 Å². The van der Waals surface area contributed by atoms with Crippen molar-refractivity contribution in [3.63, 3.8) is 0 Å². The van der Waals surface area contributed by atoms with Crippen molar-refractivity contribution in [2.75, 3.05) is 0 Å². The molecular weight excluding hydrogens is 277 g/mol. The summed E-state index contributed by atoms with van der Waals surface area (Å²) in [4.78, 5) is 4.76. The molecule has 0 aromatic heterocycles. The van der Waals surface area contributed by atoms with Gasteiger partial charge in [0.2, 0.25) is 5.90 Å². The van der Waals surface area contributed by atoms with Crippen molar-refractivity contribution in [2.45, 2.75) is 44.5 Å². The van der Waals surface area contributed by atoms with Gasteiger partial charge in [0.25, 0.3) is 0 Å². The Morgan fingerprint density at radius 1 is 1.09 bits per heavy atom. The summed E-state index contributed by atoms with van der Waals surface area (Å²) in [5, 5.41) is 2.31. The van der Waals surface area contributed by atoms with Gasteiger partial charge in [-0.3, -0.25) is 0 Å². The van der Waals surface area contributed by atoms with Crippen LogP contribution in [0.3, 0.4) is 0 Å². The molecule has 0 amide bonds. The highest BCUT2D eigenvalue weighted by atomic mass is 19.1. The number of nitrogens with zero attached hydrogens (tertiary/aromatic N) is 1. The molecule has 1 aliphatic carbocycles. The predicted octanol–water partition coefficient (Wildman–Crippen LogP) is 4.51. The van der Waals surface area contributed by atoms with Crippen LogP contribution in [-0.2, 0) is 4.74 Å². The first kappa shape index (κ1) is 13.7. The number of hydrogen-bond acceptors (Lipinski definition) is 2. The van der Waals surface area contributed by atoms with Crippen LogP contribution in [-0.4, -0.2) is 23.7 Å². The van der Waals surface area contributed by atoms with Crippen LogP contribution >= 0.6 is 0 Å². The summed E-state index contributed by atoms with van der Waals surface area (Å²) in [6.45, 7) is 3.30. The van der Waals surface area contributed by atoms with E-state index < -0.39 is 5.67 Å². The Labute approximate surface area is 130 Å². The molecule has 0 bridgehead atoms. The molecule has 4 rings (SSSR count). The number of fused-ring (bicyclic) bond motifs is 2. The van der Waals surface area contributed by atoms with Gasteiger partial charge in [0.15, 0.2) is 0 Å². The monoisotopic (exact) mass is 297 g/mol. The van der Waals surface area contributed by atoms with Gasteiger partial charge in [0, 0.05) is 11.5 Å². The quantitative estimate of drug-likeness (QED) is 0.799. The largest absolute Gasteiger partial charge is 0.471 e. The van der Waals surface area contributed by atoms with E-state index >= 15 is 0 Å². The maximum absolute atomic E-state index is 14.4. The summed E-state index contributed by atoms with van der Waals surface area (Å²) >= 11 is 0. The van der Waals surface area contributed by atoms with E-state index in [4.69, 9.17) is 9.73 Å². The molecule has 22 heavy (non-hydrogen) atoms. The molecule has 0 saturated heterocycles. The molecule has 2 aromatic carbocycles. The van der Waals surface area contributed by atoms with Gasteiger partial charge in [-0.15, -0.1) is 0 Å². The van der Waals surface area contributed by atoms with Crippen LogP contribution in [0.15, 0.2) is 47.5 Å². The molecule has 0 radical (unpaired) electrons. The van der Waals surface area contributed by atoms with Crippen LogP contribution in [0.2, 0.25) is 0 Å². The fourth-order valence-corrected chi connectivity index (χ4v) is 3.83. The van der Waals surface area contributed by atoms with Crippen molar-refractivity contribution in [1.29, 1.82) is 0 Å². The van der Waals surface area contributed by atoms with E-state index in [-0.39, 0.29) is 18.1 Å². The first-order chi connectivity index (χ1) is 10.5. The highest BCUT2D eigenvalue weighted by Crippen LogP contribution is 2.43. The first-order valence-electron chi connectivity index (χ1n) is 7.95. The van der Waals surface area contributed by atoms with Gasteiger partial charge >= 0.3 is 0 Å². The highest BCUT2D eigenvalue weighted by molar-refractivity contribution is 6.07. The third-order valence-corrected chi connectivity index (χ3v) is 4.98. The average Bonchev–Trinajstić information content (AvgIpc) is 3.05. The van der Waals surface area contributed by atoms with E-state index in [0.717, 1.165) is 23.8 Å². The van der Waals surface area contributed by atoms with Gasteiger partial charge in [0.1, 0.15) is 11.8 Å². The Hall–Kier alpha value is -1.90. The summed E-state index contributed by atoms with van der Waals surface area (Å²) in [7, 11) is 0. The van der Waals surface area contributed by atoms with Crippen molar-refractivity contribution in [1.82, 2.24) is 0 Å². The minimum atomic E-state index is -1.22. The topological polar surface area (TPSA) is 21.6 Å². The van der Waals surface area contributed by atoms with Crippen molar-refractivity contribution >= 4 is 16.7 Å². The number of alkyl halides is 1. The molecule has 2 aliphatic rings. The van der Waals surface area contributed by atoms with Crippen LogP contribution in [0, 0.1) is 5.92 Å². The van der Waals surface area contributed by atoms with Crippen LogP contribution in [0.1, 0.15) is 32.3 Å². The lowest BCUT2D eigenvalue weighted by molar-refractivity contribution is 0.0436. The van der Waals surface area contributed by atoms with Gasteiger partial charge in [-0.2, -0.15) is 0 Å². The van der Waals surface area contributed by atoms with E-state index in [9.17, 15) is 4.39 Å². The minimum Gasteiger partial charge on any atom is -0.471 e. The van der Waals surface area contributed by atoms with Gasteiger partial charge in [-0.25, -0.2) is 9.38 Å². The van der Waals surface area contributed by atoms with Gasteiger partial charge < -0.3 is 4.74 Å². The van der Waals surface area contributed by atoms with Crippen LogP contribution in [0.5, 0.6) is 0 Å². The number of ether oxygens (including phenoxy) is 1. The zero-order chi connectivity index (χ0) is 15.3. The molecule has 0 unspecified atom stereocenters. The van der Waals surface area contributed by atoms with E-state index in [0.29, 0.717) is 5.90 Å². The molecule has 2 aromatic rings. The van der Waals surface area contributed by atoms with Crippen LogP contribution in [0.25, 0.3) is 10.8 Å². The fourth-order valence-electron chi connectivity index (χ4n) is 3.83. The maximum atomic E-state index is 14.4. The molecule has 1 aliphatic heterocycles. The van der Waals surface area contributed by atoms with E-state index in [2.05, 4.69) is 18.2 Å². The number of halogens is 1. The maximum Gasteiger partial charge on any atom is 0.217 e. The zero-order valence-electron chi connectivity index (χ0n) is 12.9. The SMILES string of the molecule is CC(C)(F)[C@H]1CC[C@@H]2N=C(c3cccc4ccccc34)O[C@@H]21. The molecule has 1 fully saturated rings.